The molecule has 1 aliphatic rings. The van der Waals surface area contributed by atoms with Gasteiger partial charge in [-0.15, -0.1) is 0 Å². The van der Waals surface area contributed by atoms with Crippen LogP contribution in [-0.4, -0.2) is 49.1 Å². The molecule has 1 fully saturated rings. The van der Waals surface area contributed by atoms with E-state index in [0.717, 1.165) is 12.8 Å². The molecule has 2 aromatic rings. The molecule has 27 heavy (non-hydrogen) atoms. The van der Waals surface area contributed by atoms with Gasteiger partial charge in [0.05, 0.1) is 0 Å². The van der Waals surface area contributed by atoms with Gasteiger partial charge in [-0.2, -0.15) is 0 Å². The number of carbonyl (C=O) groups is 2. The van der Waals surface area contributed by atoms with Gasteiger partial charge in [-0.3, -0.25) is 9.59 Å². The Balaban J connectivity index is 1.38. The van der Waals surface area contributed by atoms with Gasteiger partial charge in [-0.05, 0) is 37.1 Å². The fourth-order valence-corrected chi connectivity index (χ4v) is 2.67. The number of ether oxygens (including phenoxy) is 2. The molecule has 1 saturated carbocycles. The normalized spacial score (nSPS) is 12.9. The van der Waals surface area contributed by atoms with Gasteiger partial charge in [0.15, 0.2) is 13.2 Å². The molecule has 0 radical (unpaired) electrons. The van der Waals surface area contributed by atoms with Crippen LogP contribution < -0.4 is 14.8 Å². The molecule has 0 aliphatic heterocycles. The highest BCUT2D eigenvalue weighted by Gasteiger charge is 2.32. The summed E-state index contributed by atoms with van der Waals surface area (Å²) in [7, 11) is 0. The van der Waals surface area contributed by atoms with Crippen LogP contribution in [0.15, 0.2) is 60.7 Å². The third-order valence-corrected chi connectivity index (χ3v) is 4.20. The number of carbonyl (C=O) groups excluding carboxylic acids is 2. The number of hydrogen-bond donors (Lipinski definition) is 1. The number of para-hydroxylation sites is 2. The zero-order chi connectivity index (χ0) is 18.9. The largest absolute Gasteiger partial charge is 0.484 e. The first-order valence-electron chi connectivity index (χ1n) is 9.14. The van der Waals surface area contributed by atoms with E-state index >= 15 is 0 Å². The van der Waals surface area contributed by atoms with Crippen molar-refractivity contribution in [1.29, 1.82) is 0 Å². The van der Waals surface area contributed by atoms with Crippen molar-refractivity contribution in [3.8, 4) is 11.5 Å². The molecule has 6 heteroatoms. The molecule has 0 heterocycles. The van der Waals surface area contributed by atoms with Gasteiger partial charge in [-0.25, -0.2) is 0 Å². The number of benzene rings is 2. The molecule has 0 spiro atoms. The fraction of sp³-hybridized carbons (Fsp3) is 0.333. The van der Waals surface area contributed by atoms with Crippen LogP contribution in [0.2, 0.25) is 0 Å². The molecule has 3 rings (SSSR count). The summed E-state index contributed by atoms with van der Waals surface area (Å²) in [6.45, 7) is 0.827. The van der Waals surface area contributed by atoms with Crippen molar-refractivity contribution < 1.29 is 19.1 Å². The van der Waals surface area contributed by atoms with Crippen molar-refractivity contribution in [3.05, 3.63) is 60.7 Å². The maximum atomic E-state index is 12.4. The molecule has 0 atom stereocenters. The Labute approximate surface area is 159 Å². The Hall–Kier alpha value is -3.02. The van der Waals surface area contributed by atoms with Crippen molar-refractivity contribution in [1.82, 2.24) is 10.2 Å². The average molecular weight is 368 g/mol. The summed E-state index contributed by atoms with van der Waals surface area (Å²) in [5, 5.41) is 2.80. The summed E-state index contributed by atoms with van der Waals surface area (Å²) in [4.78, 5) is 26.1. The number of nitrogens with zero attached hydrogens (tertiary/aromatic N) is 1. The predicted molar refractivity (Wildman–Crippen MR) is 102 cm³/mol. The Bertz CT molecular complexity index is 732. The van der Waals surface area contributed by atoms with Crippen molar-refractivity contribution in [2.45, 2.75) is 18.9 Å². The first-order chi connectivity index (χ1) is 13.2. The van der Waals surface area contributed by atoms with Crippen molar-refractivity contribution >= 4 is 11.8 Å². The maximum absolute atomic E-state index is 12.4. The minimum absolute atomic E-state index is 0.00553. The zero-order valence-corrected chi connectivity index (χ0v) is 15.2. The second kappa shape index (κ2) is 9.62. The lowest BCUT2D eigenvalue weighted by Crippen LogP contribution is -2.42. The molecule has 2 aromatic carbocycles. The van der Waals surface area contributed by atoms with Gasteiger partial charge in [0.1, 0.15) is 11.5 Å². The second-order valence-electron chi connectivity index (χ2n) is 6.37. The molecule has 0 saturated heterocycles. The summed E-state index contributed by atoms with van der Waals surface area (Å²) < 4.78 is 11.0. The van der Waals surface area contributed by atoms with E-state index in [9.17, 15) is 9.59 Å². The van der Waals surface area contributed by atoms with E-state index in [0.29, 0.717) is 24.6 Å². The molecule has 0 aromatic heterocycles. The third-order valence-electron chi connectivity index (χ3n) is 4.20. The summed E-state index contributed by atoms with van der Waals surface area (Å²) in [6.07, 6.45) is 2.00. The van der Waals surface area contributed by atoms with Crippen LogP contribution in [0.1, 0.15) is 12.8 Å². The van der Waals surface area contributed by atoms with Crippen LogP contribution in [0.25, 0.3) is 0 Å². The lowest BCUT2D eigenvalue weighted by Gasteiger charge is -2.22. The SMILES string of the molecule is O=C(COc1ccccc1)NCCN(C(=O)COc1ccccc1)C1CC1. The van der Waals surface area contributed by atoms with Crippen molar-refractivity contribution in [2.75, 3.05) is 26.3 Å². The lowest BCUT2D eigenvalue weighted by molar-refractivity contribution is -0.134. The van der Waals surface area contributed by atoms with Crippen LogP contribution in [0.3, 0.4) is 0 Å². The van der Waals surface area contributed by atoms with E-state index in [-0.39, 0.29) is 31.1 Å². The monoisotopic (exact) mass is 368 g/mol. The lowest BCUT2D eigenvalue weighted by atomic mass is 10.3. The first-order valence-corrected chi connectivity index (χ1v) is 9.14. The van der Waals surface area contributed by atoms with Gasteiger partial charge < -0.3 is 19.7 Å². The Morgan fingerprint density at radius 2 is 1.44 bits per heavy atom. The van der Waals surface area contributed by atoms with Gasteiger partial charge in [0, 0.05) is 19.1 Å². The van der Waals surface area contributed by atoms with Crippen molar-refractivity contribution in [2.24, 2.45) is 0 Å². The van der Waals surface area contributed by atoms with E-state index < -0.39 is 0 Å². The van der Waals surface area contributed by atoms with Gasteiger partial charge >= 0.3 is 0 Å². The summed E-state index contributed by atoms with van der Waals surface area (Å²) >= 11 is 0. The Morgan fingerprint density at radius 1 is 0.889 bits per heavy atom. The van der Waals surface area contributed by atoms with E-state index in [1.54, 1.807) is 17.0 Å². The number of amides is 2. The standard InChI is InChI=1S/C21H24N2O4/c24-20(15-26-18-7-3-1-4-8-18)22-13-14-23(17-11-12-17)21(25)16-27-19-9-5-2-6-10-19/h1-10,17H,11-16H2,(H,22,24). The molecular formula is C21H24N2O4. The fourth-order valence-electron chi connectivity index (χ4n) is 2.67. The minimum Gasteiger partial charge on any atom is -0.484 e. The maximum Gasteiger partial charge on any atom is 0.260 e. The van der Waals surface area contributed by atoms with E-state index in [1.165, 1.54) is 0 Å². The molecule has 142 valence electrons. The quantitative estimate of drug-likeness (QED) is 0.698. The van der Waals surface area contributed by atoms with Crippen molar-refractivity contribution in [3.63, 3.8) is 0 Å². The molecule has 0 unspecified atom stereocenters. The van der Waals surface area contributed by atoms with Crippen LogP contribution in [-0.2, 0) is 9.59 Å². The predicted octanol–water partition coefficient (Wildman–Crippen LogP) is 2.25. The number of hydrogen-bond acceptors (Lipinski definition) is 4. The minimum atomic E-state index is -0.206. The first kappa shape index (κ1) is 18.8. The zero-order valence-electron chi connectivity index (χ0n) is 15.2. The smallest absolute Gasteiger partial charge is 0.260 e. The van der Waals surface area contributed by atoms with E-state index in [4.69, 9.17) is 9.47 Å². The van der Waals surface area contributed by atoms with Gasteiger partial charge in [-0.1, -0.05) is 36.4 Å². The molecule has 6 nitrogen and oxygen atoms in total. The third kappa shape index (κ3) is 6.33. The van der Waals surface area contributed by atoms with Crippen LogP contribution in [0, 0.1) is 0 Å². The second-order valence-corrected chi connectivity index (χ2v) is 6.37. The van der Waals surface area contributed by atoms with Gasteiger partial charge in [0.25, 0.3) is 11.8 Å². The topological polar surface area (TPSA) is 67.9 Å². The van der Waals surface area contributed by atoms with E-state index in [1.807, 2.05) is 48.5 Å². The number of nitrogens with one attached hydrogen (secondary N) is 1. The molecular weight excluding hydrogens is 344 g/mol. The highest BCUT2D eigenvalue weighted by molar-refractivity contribution is 5.79. The molecule has 1 N–H and O–H groups in total. The summed E-state index contributed by atoms with van der Waals surface area (Å²) in [5.41, 5.74) is 0. The van der Waals surface area contributed by atoms with Gasteiger partial charge in [0.2, 0.25) is 0 Å². The van der Waals surface area contributed by atoms with E-state index in [2.05, 4.69) is 5.32 Å². The molecule has 1 aliphatic carbocycles. The highest BCUT2D eigenvalue weighted by Crippen LogP contribution is 2.26. The van der Waals surface area contributed by atoms with Crippen LogP contribution in [0.4, 0.5) is 0 Å². The summed E-state index contributed by atoms with van der Waals surface area (Å²) in [6, 6.07) is 18.7. The Kier molecular flexibility index (Phi) is 6.68. The average Bonchev–Trinajstić information content (AvgIpc) is 3.54. The Morgan fingerprint density at radius 3 is 2.00 bits per heavy atom. The van der Waals surface area contributed by atoms with Crippen LogP contribution >= 0.6 is 0 Å². The summed E-state index contributed by atoms with van der Waals surface area (Å²) in [5.74, 6) is 1.06. The highest BCUT2D eigenvalue weighted by atomic mass is 16.5. The van der Waals surface area contributed by atoms with Crippen LogP contribution in [0.5, 0.6) is 11.5 Å². The molecule has 0 bridgehead atoms. The number of rotatable bonds is 10. The molecule has 2 amide bonds.